The van der Waals surface area contributed by atoms with Crippen molar-refractivity contribution in [3.8, 4) is 0 Å². The molecule has 0 aliphatic carbocycles. The van der Waals surface area contributed by atoms with Gasteiger partial charge in [0.25, 0.3) is 0 Å². The van der Waals surface area contributed by atoms with Crippen LogP contribution in [0.25, 0.3) is 0 Å². The number of aliphatic carboxylic acids is 2. The molecule has 0 aliphatic rings. The Labute approximate surface area is 88.2 Å². The molecule has 0 amide bonds. The van der Waals surface area contributed by atoms with Gasteiger partial charge in [0.05, 0.1) is 0 Å². The standard InChI is InChI=1S/C5H8O4.Ca.2H/c1-2-3(4(6)7)5(8)9;;;/h3H,2H2,1H3,(H,6,7)(H,8,9);;;. The van der Waals surface area contributed by atoms with Crippen LogP contribution < -0.4 is 0 Å². The van der Waals surface area contributed by atoms with Gasteiger partial charge in [-0.15, -0.1) is 0 Å². The molecule has 0 aromatic heterocycles. The van der Waals surface area contributed by atoms with Crippen molar-refractivity contribution >= 4 is 49.7 Å². The summed E-state index contributed by atoms with van der Waals surface area (Å²) in [7, 11) is 0. The molecule has 0 rings (SSSR count). The predicted octanol–water partition coefficient (Wildman–Crippen LogP) is -0.734. The molecular weight excluding hydrogens is 164 g/mol. The summed E-state index contributed by atoms with van der Waals surface area (Å²) in [4.78, 5) is 20.0. The number of hydrogen-bond acceptors (Lipinski definition) is 2. The van der Waals surface area contributed by atoms with Crippen molar-refractivity contribution in [2.24, 2.45) is 5.92 Å². The van der Waals surface area contributed by atoms with Gasteiger partial charge in [0, 0.05) is 0 Å². The third kappa shape index (κ3) is 4.09. The number of hydrogen-bond donors (Lipinski definition) is 2. The molecule has 0 radical (unpaired) electrons. The van der Waals surface area contributed by atoms with Crippen LogP contribution in [-0.4, -0.2) is 59.9 Å². The Morgan fingerprint density at radius 1 is 1.30 bits per heavy atom. The van der Waals surface area contributed by atoms with E-state index >= 15 is 0 Å². The second-order valence-electron chi connectivity index (χ2n) is 1.64. The normalized spacial score (nSPS) is 8.60. The fraction of sp³-hybridized carbons (Fsp3) is 0.600. The maximum atomic E-state index is 9.99. The van der Waals surface area contributed by atoms with Crippen molar-refractivity contribution in [1.82, 2.24) is 0 Å². The van der Waals surface area contributed by atoms with E-state index in [9.17, 15) is 9.59 Å². The van der Waals surface area contributed by atoms with Gasteiger partial charge in [-0.25, -0.2) is 0 Å². The summed E-state index contributed by atoms with van der Waals surface area (Å²) >= 11 is 0. The molecule has 0 fully saturated rings. The van der Waals surface area contributed by atoms with Crippen LogP contribution in [0.4, 0.5) is 0 Å². The van der Waals surface area contributed by atoms with Crippen LogP contribution in [0.3, 0.4) is 0 Å². The SMILES string of the molecule is CCC(C(=O)O)C(=O)O.[CaH2]. The van der Waals surface area contributed by atoms with E-state index in [2.05, 4.69) is 0 Å². The second kappa shape index (κ2) is 5.95. The van der Waals surface area contributed by atoms with E-state index in [1.54, 1.807) is 0 Å². The number of rotatable bonds is 3. The molecule has 56 valence electrons. The van der Waals surface area contributed by atoms with E-state index in [4.69, 9.17) is 10.2 Å². The molecule has 0 saturated heterocycles. The molecular formula is C5H10CaO4. The van der Waals surface area contributed by atoms with E-state index in [1.807, 2.05) is 0 Å². The van der Waals surface area contributed by atoms with Gasteiger partial charge < -0.3 is 10.2 Å². The summed E-state index contributed by atoms with van der Waals surface area (Å²) in [5.41, 5.74) is 0. The van der Waals surface area contributed by atoms with E-state index in [0.29, 0.717) is 0 Å². The Morgan fingerprint density at radius 3 is 1.60 bits per heavy atom. The van der Waals surface area contributed by atoms with Crippen LogP contribution in [0.1, 0.15) is 13.3 Å². The predicted molar refractivity (Wildman–Crippen MR) is 37.6 cm³/mol. The van der Waals surface area contributed by atoms with Gasteiger partial charge in [0.1, 0.15) is 0 Å². The average molecular weight is 174 g/mol. The minimum atomic E-state index is -1.27. The topological polar surface area (TPSA) is 74.6 Å². The van der Waals surface area contributed by atoms with Gasteiger partial charge in [-0.3, -0.25) is 9.59 Å². The van der Waals surface area contributed by atoms with E-state index in [-0.39, 0.29) is 44.2 Å². The first kappa shape index (κ1) is 12.8. The van der Waals surface area contributed by atoms with Crippen LogP contribution in [-0.2, 0) is 9.59 Å². The van der Waals surface area contributed by atoms with E-state index in [0.717, 1.165) is 0 Å². The third-order valence-corrected chi connectivity index (χ3v) is 1.00. The van der Waals surface area contributed by atoms with Gasteiger partial charge in [-0.05, 0) is 6.42 Å². The molecule has 0 spiro atoms. The van der Waals surface area contributed by atoms with Gasteiger partial charge in [0.2, 0.25) is 0 Å². The second-order valence-corrected chi connectivity index (χ2v) is 1.64. The zero-order chi connectivity index (χ0) is 7.44. The summed E-state index contributed by atoms with van der Waals surface area (Å²) in [6, 6.07) is 0. The first-order valence-corrected chi connectivity index (χ1v) is 2.55. The molecule has 0 saturated carbocycles. The van der Waals surface area contributed by atoms with Crippen molar-refractivity contribution in [1.29, 1.82) is 0 Å². The summed E-state index contributed by atoms with van der Waals surface area (Å²) in [5.74, 6) is -3.79. The first-order valence-electron chi connectivity index (χ1n) is 2.55. The average Bonchev–Trinajstić information content (AvgIpc) is 1.64. The molecule has 0 atom stereocenters. The summed E-state index contributed by atoms with van der Waals surface area (Å²) in [5, 5.41) is 16.3. The van der Waals surface area contributed by atoms with Crippen LogP contribution in [0.15, 0.2) is 0 Å². The van der Waals surface area contributed by atoms with Crippen LogP contribution in [0.2, 0.25) is 0 Å². The van der Waals surface area contributed by atoms with Crippen molar-refractivity contribution in [2.75, 3.05) is 0 Å². The quantitative estimate of drug-likeness (QED) is 0.437. The molecule has 10 heavy (non-hydrogen) atoms. The fourth-order valence-corrected chi connectivity index (χ4v) is 0.455. The molecule has 0 heterocycles. The van der Waals surface area contributed by atoms with Crippen LogP contribution in [0, 0.1) is 5.92 Å². The van der Waals surface area contributed by atoms with Gasteiger partial charge >= 0.3 is 49.7 Å². The zero-order valence-electron chi connectivity index (χ0n) is 5.00. The number of carboxylic acid groups (broad SMARTS) is 2. The summed E-state index contributed by atoms with van der Waals surface area (Å²) < 4.78 is 0. The molecule has 4 nitrogen and oxygen atoms in total. The Morgan fingerprint density at radius 2 is 1.60 bits per heavy atom. The Bertz CT molecular complexity index is 120. The molecule has 0 unspecified atom stereocenters. The van der Waals surface area contributed by atoms with Gasteiger partial charge in [-0.2, -0.15) is 0 Å². The maximum absolute atomic E-state index is 9.99. The molecule has 0 bridgehead atoms. The number of carboxylic acids is 2. The summed E-state index contributed by atoms with van der Waals surface area (Å²) in [6.07, 6.45) is 0.130. The van der Waals surface area contributed by atoms with Crippen molar-refractivity contribution in [3.05, 3.63) is 0 Å². The molecule has 0 aromatic carbocycles. The minimum absolute atomic E-state index is 0. The van der Waals surface area contributed by atoms with Gasteiger partial charge in [0.15, 0.2) is 5.92 Å². The summed E-state index contributed by atoms with van der Waals surface area (Å²) in [6.45, 7) is 1.52. The van der Waals surface area contributed by atoms with Crippen molar-refractivity contribution < 1.29 is 19.8 Å². The molecule has 0 aliphatic heterocycles. The van der Waals surface area contributed by atoms with E-state index in [1.165, 1.54) is 6.92 Å². The van der Waals surface area contributed by atoms with Gasteiger partial charge in [-0.1, -0.05) is 6.92 Å². The molecule has 5 heteroatoms. The van der Waals surface area contributed by atoms with E-state index < -0.39 is 17.9 Å². The Hall–Kier alpha value is 0.200. The molecule has 0 aromatic rings. The Balaban J connectivity index is 0. The van der Waals surface area contributed by atoms with Crippen molar-refractivity contribution in [2.45, 2.75) is 13.3 Å². The number of carbonyl (C=O) groups is 2. The van der Waals surface area contributed by atoms with Crippen molar-refractivity contribution in [3.63, 3.8) is 0 Å². The zero-order valence-corrected chi connectivity index (χ0v) is 5.00. The third-order valence-electron chi connectivity index (χ3n) is 1.00. The monoisotopic (exact) mass is 174 g/mol. The molecule has 2 N–H and O–H groups in total. The first-order chi connectivity index (χ1) is 4.09. The Kier molecular flexibility index (Phi) is 7.63. The van der Waals surface area contributed by atoms with Crippen LogP contribution >= 0.6 is 0 Å². The van der Waals surface area contributed by atoms with Crippen LogP contribution in [0.5, 0.6) is 0 Å². The fourth-order valence-electron chi connectivity index (χ4n) is 0.455.